The van der Waals surface area contributed by atoms with Crippen LogP contribution in [0.2, 0.25) is 0 Å². The average Bonchev–Trinajstić information content (AvgIpc) is 2.68. The van der Waals surface area contributed by atoms with Gasteiger partial charge in [-0.1, -0.05) is 12.1 Å². The highest BCUT2D eigenvalue weighted by atomic mass is 79.9. The first-order valence-corrected chi connectivity index (χ1v) is 6.31. The zero-order valence-corrected chi connectivity index (χ0v) is 10.7. The number of fused-ring (bicyclic) bond motifs is 1. The number of nitrogens with one attached hydrogen (secondary N) is 1. The van der Waals surface area contributed by atoms with E-state index in [0.29, 0.717) is 11.3 Å². The van der Waals surface area contributed by atoms with Gasteiger partial charge in [0.1, 0.15) is 16.1 Å². The highest BCUT2D eigenvalue weighted by Gasteiger charge is 2.20. The summed E-state index contributed by atoms with van der Waals surface area (Å²) in [5, 5.41) is 3.21. The minimum Gasteiger partial charge on any atom is -0.356 e. The SMILES string of the molecule is Fc1ccccc1-c1nc2n(c1Br)CCCN2. The van der Waals surface area contributed by atoms with Crippen LogP contribution in [0, 0.1) is 5.82 Å². The Hall–Kier alpha value is -1.36. The highest BCUT2D eigenvalue weighted by molar-refractivity contribution is 9.10. The molecule has 0 amide bonds. The van der Waals surface area contributed by atoms with Gasteiger partial charge in [0, 0.05) is 18.7 Å². The molecule has 2 heterocycles. The third-order valence-corrected chi connectivity index (χ3v) is 3.68. The van der Waals surface area contributed by atoms with Crippen molar-refractivity contribution in [3.63, 3.8) is 0 Å². The van der Waals surface area contributed by atoms with Crippen LogP contribution < -0.4 is 5.32 Å². The summed E-state index contributed by atoms with van der Waals surface area (Å²) in [6.07, 6.45) is 1.05. The van der Waals surface area contributed by atoms with E-state index in [1.165, 1.54) is 6.07 Å². The topological polar surface area (TPSA) is 29.9 Å². The third-order valence-electron chi connectivity index (χ3n) is 2.88. The molecule has 5 heteroatoms. The zero-order valence-electron chi connectivity index (χ0n) is 9.08. The summed E-state index contributed by atoms with van der Waals surface area (Å²) in [5.74, 6) is 0.560. The van der Waals surface area contributed by atoms with Crippen molar-refractivity contribution in [1.29, 1.82) is 0 Å². The van der Waals surface area contributed by atoms with Crippen LogP contribution >= 0.6 is 15.9 Å². The van der Waals surface area contributed by atoms with Gasteiger partial charge in [0.15, 0.2) is 0 Å². The first-order chi connectivity index (χ1) is 8.27. The van der Waals surface area contributed by atoms with Crippen molar-refractivity contribution >= 4 is 21.9 Å². The predicted octanol–water partition coefficient (Wildman–Crippen LogP) is 3.27. The number of hydrogen-bond acceptors (Lipinski definition) is 2. The van der Waals surface area contributed by atoms with Crippen molar-refractivity contribution in [1.82, 2.24) is 9.55 Å². The third kappa shape index (κ3) is 1.74. The van der Waals surface area contributed by atoms with Gasteiger partial charge >= 0.3 is 0 Å². The first kappa shape index (κ1) is 10.8. The number of benzene rings is 1. The van der Waals surface area contributed by atoms with Crippen LogP contribution in [0.25, 0.3) is 11.3 Å². The van der Waals surface area contributed by atoms with E-state index in [0.717, 1.165) is 30.1 Å². The molecule has 0 saturated heterocycles. The lowest BCUT2D eigenvalue weighted by molar-refractivity contribution is 0.618. The smallest absolute Gasteiger partial charge is 0.204 e. The van der Waals surface area contributed by atoms with E-state index in [1.54, 1.807) is 12.1 Å². The maximum atomic E-state index is 13.7. The summed E-state index contributed by atoms with van der Waals surface area (Å²) in [4.78, 5) is 4.45. The molecule has 2 aromatic rings. The molecule has 0 saturated carbocycles. The number of aromatic nitrogens is 2. The van der Waals surface area contributed by atoms with Crippen molar-refractivity contribution < 1.29 is 4.39 Å². The van der Waals surface area contributed by atoms with Crippen LogP contribution in [0.1, 0.15) is 6.42 Å². The number of halogens is 2. The second-order valence-electron chi connectivity index (χ2n) is 3.99. The Kier molecular flexibility index (Phi) is 2.63. The van der Waals surface area contributed by atoms with Crippen molar-refractivity contribution in [2.45, 2.75) is 13.0 Å². The van der Waals surface area contributed by atoms with Gasteiger partial charge in [0.2, 0.25) is 5.95 Å². The predicted molar refractivity (Wildman–Crippen MR) is 68.4 cm³/mol. The summed E-state index contributed by atoms with van der Waals surface area (Å²) < 4.78 is 16.6. The van der Waals surface area contributed by atoms with Crippen molar-refractivity contribution in [3.05, 3.63) is 34.7 Å². The maximum absolute atomic E-state index is 13.7. The number of hydrogen-bond donors (Lipinski definition) is 1. The quantitative estimate of drug-likeness (QED) is 0.875. The van der Waals surface area contributed by atoms with Crippen LogP contribution in [-0.4, -0.2) is 16.1 Å². The van der Waals surface area contributed by atoms with E-state index < -0.39 is 0 Å². The van der Waals surface area contributed by atoms with E-state index >= 15 is 0 Å². The highest BCUT2D eigenvalue weighted by Crippen LogP contribution is 2.33. The molecular formula is C12H11BrFN3. The number of imidazole rings is 1. The van der Waals surface area contributed by atoms with Crippen molar-refractivity contribution in [2.24, 2.45) is 0 Å². The molecule has 0 atom stereocenters. The molecule has 3 rings (SSSR count). The Bertz CT molecular complexity index is 565. The lowest BCUT2D eigenvalue weighted by atomic mass is 10.1. The molecule has 1 aromatic carbocycles. The Balaban J connectivity index is 2.16. The van der Waals surface area contributed by atoms with Gasteiger partial charge in [-0.25, -0.2) is 9.37 Å². The summed E-state index contributed by atoms with van der Waals surface area (Å²) >= 11 is 3.50. The second kappa shape index (κ2) is 4.14. The summed E-state index contributed by atoms with van der Waals surface area (Å²) in [5.41, 5.74) is 1.19. The summed E-state index contributed by atoms with van der Waals surface area (Å²) in [6, 6.07) is 6.69. The summed E-state index contributed by atoms with van der Waals surface area (Å²) in [6.45, 7) is 1.82. The molecule has 0 unspecified atom stereocenters. The molecule has 0 spiro atoms. The van der Waals surface area contributed by atoms with Gasteiger partial charge in [0.05, 0.1) is 0 Å². The fourth-order valence-corrected chi connectivity index (χ4v) is 2.68. The Labute approximate surface area is 107 Å². The first-order valence-electron chi connectivity index (χ1n) is 5.52. The van der Waals surface area contributed by atoms with Crippen LogP contribution in [0.3, 0.4) is 0 Å². The van der Waals surface area contributed by atoms with Crippen molar-refractivity contribution in [3.8, 4) is 11.3 Å². The van der Waals surface area contributed by atoms with Gasteiger partial charge in [-0.15, -0.1) is 0 Å². The molecule has 1 aromatic heterocycles. The van der Waals surface area contributed by atoms with Crippen LogP contribution in [-0.2, 0) is 6.54 Å². The van der Waals surface area contributed by atoms with E-state index in [2.05, 4.69) is 26.2 Å². The Morgan fingerprint density at radius 2 is 2.18 bits per heavy atom. The monoisotopic (exact) mass is 295 g/mol. The lowest BCUT2D eigenvalue weighted by Crippen LogP contribution is -2.17. The summed E-state index contributed by atoms with van der Waals surface area (Å²) in [7, 11) is 0. The van der Waals surface area contributed by atoms with E-state index in [-0.39, 0.29) is 5.82 Å². The molecule has 0 aliphatic carbocycles. The molecule has 0 fully saturated rings. The van der Waals surface area contributed by atoms with E-state index in [4.69, 9.17) is 0 Å². The maximum Gasteiger partial charge on any atom is 0.204 e. The average molecular weight is 296 g/mol. The molecule has 0 bridgehead atoms. The van der Waals surface area contributed by atoms with E-state index in [1.807, 2.05) is 10.6 Å². The molecule has 1 N–H and O–H groups in total. The van der Waals surface area contributed by atoms with Crippen LogP contribution in [0.4, 0.5) is 10.3 Å². The van der Waals surface area contributed by atoms with Gasteiger partial charge in [-0.3, -0.25) is 0 Å². The fraction of sp³-hybridized carbons (Fsp3) is 0.250. The number of nitrogens with zero attached hydrogens (tertiary/aromatic N) is 2. The fourth-order valence-electron chi connectivity index (χ4n) is 2.03. The molecular weight excluding hydrogens is 285 g/mol. The standard InChI is InChI=1S/C12H11BrFN3/c13-11-10(8-4-1-2-5-9(8)14)16-12-15-6-3-7-17(11)12/h1-2,4-5H,3,6-7H2,(H,15,16). The van der Waals surface area contributed by atoms with Gasteiger partial charge in [0.25, 0.3) is 0 Å². The van der Waals surface area contributed by atoms with E-state index in [9.17, 15) is 4.39 Å². The minimum absolute atomic E-state index is 0.247. The molecule has 17 heavy (non-hydrogen) atoms. The minimum atomic E-state index is -0.247. The molecule has 88 valence electrons. The normalized spacial score (nSPS) is 14.2. The zero-order chi connectivity index (χ0) is 11.8. The Morgan fingerprint density at radius 3 is 2.94 bits per heavy atom. The van der Waals surface area contributed by atoms with Crippen LogP contribution in [0.5, 0.6) is 0 Å². The molecule has 1 aliphatic rings. The number of rotatable bonds is 1. The van der Waals surface area contributed by atoms with Gasteiger partial charge in [-0.05, 0) is 34.5 Å². The molecule has 3 nitrogen and oxygen atoms in total. The molecule has 0 radical (unpaired) electrons. The second-order valence-corrected chi connectivity index (χ2v) is 4.74. The largest absolute Gasteiger partial charge is 0.356 e. The molecule has 1 aliphatic heterocycles. The van der Waals surface area contributed by atoms with Crippen molar-refractivity contribution in [2.75, 3.05) is 11.9 Å². The van der Waals surface area contributed by atoms with Gasteiger partial charge < -0.3 is 9.88 Å². The van der Waals surface area contributed by atoms with Gasteiger partial charge in [-0.2, -0.15) is 0 Å². The number of anilines is 1. The lowest BCUT2D eigenvalue weighted by Gasteiger charge is -2.15. The van der Waals surface area contributed by atoms with Crippen LogP contribution in [0.15, 0.2) is 28.9 Å². The Morgan fingerprint density at radius 1 is 1.35 bits per heavy atom.